The summed E-state index contributed by atoms with van der Waals surface area (Å²) in [4.78, 5) is 15.8. The van der Waals surface area contributed by atoms with Crippen molar-refractivity contribution in [3.05, 3.63) is 48.2 Å². The van der Waals surface area contributed by atoms with Crippen molar-refractivity contribution in [1.29, 1.82) is 0 Å². The normalized spacial score (nSPS) is 10.2. The van der Waals surface area contributed by atoms with E-state index in [1.807, 2.05) is 31.2 Å². The van der Waals surface area contributed by atoms with E-state index in [9.17, 15) is 4.79 Å². The number of carbonyl (C=O) groups is 1. The predicted octanol–water partition coefficient (Wildman–Crippen LogP) is 3.48. The van der Waals surface area contributed by atoms with Crippen molar-refractivity contribution in [1.82, 2.24) is 4.98 Å². The monoisotopic (exact) mass is 313 g/mol. The highest BCUT2D eigenvalue weighted by atomic mass is 16.5. The Bertz CT molecular complexity index is 609. The maximum absolute atomic E-state index is 11.5. The fourth-order valence-electron chi connectivity index (χ4n) is 2.15. The van der Waals surface area contributed by atoms with Crippen LogP contribution in [0.25, 0.3) is 0 Å². The Kier molecular flexibility index (Phi) is 6.41. The minimum atomic E-state index is 0.0227. The van der Waals surface area contributed by atoms with Crippen molar-refractivity contribution in [3.8, 4) is 5.75 Å². The van der Waals surface area contributed by atoms with Gasteiger partial charge in [-0.25, -0.2) is 4.98 Å². The summed E-state index contributed by atoms with van der Waals surface area (Å²) >= 11 is 0. The van der Waals surface area contributed by atoms with Crippen LogP contribution in [-0.4, -0.2) is 24.5 Å². The average molecular weight is 313 g/mol. The van der Waals surface area contributed by atoms with Crippen molar-refractivity contribution in [2.75, 3.05) is 24.3 Å². The number of aromatic nitrogens is 1. The summed E-state index contributed by atoms with van der Waals surface area (Å²) in [6.07, 6.45) is 3.94. The number of benzene rings is 1. The van der Waals surface area contributed by atoms with E-state index in [-0.39, 0.29) is 5.91 Å². The molecule has 5 heteroatoms. The summed E-state index contributed by atoms with van der Waals surface area (Å²) in [7, 11) is 1.66. The molecule has 0 atom stereocenters. The smallest absolute Gasteiger partial charge is 0.224 e. The Balaban J connectivity index is 1.78. The number of ether oxygens (including phenoxy) is 1. The maximum atomic E-state index is 11.5. The number of carbonyl (C=O) groups excluding carboxylic acids is 1. The molecule has 1 aromatic carbocycles. The molecule has 5 nitrogen and oxygen atoms in total. The van der Waals surface area contributed by atoms with Gasteiger partial charge < -0.3 is 15.4 Å². The fraction of sp³-hybridized carbons (Fsp3) is 0.333. The zero-order chi connectivity index (χ0) is 16.5. The van der Waals surface area contributed by atoms with Gasteiger partial charge in [0, 0.05) is 13.0 Å². The number of methoxy groups -OCH3 is 1. The average Bonchev–Trinajstić information content (AvgIpc) is 2.57. The van der Waals surface area contributed by atoms with Crippen LogP contribution in [0.5, 0.6) is 5.75 Å². The lowest BCUT2D eigenvalue weighted by Crippen LogP contribution is -2.11. The largest absolute Gasteiger partial charge is 0.497 e. The van der Waals surface area contributed by atoms with E-state index in [1.54, 1.807) is 13.3 Å². The van der Waals surface area contributed by atoms with Gasteiger partial charge >= 0.3 is 0 Å². The molecule has 0 aliphatic rings. The number of pyridine rings is 1. The molecule has 0 saturated heterocycles. The number of anilines is 2. The van der Waals surface area contributed by atoms with Crippen molar-refractivity contribution in [3.63, 3.8) is 0 Å². The molecule has 23 heavy (non-hydrogen) atoms. The molecule has 122 valence electrons. The molecule has 1 amide bonds. The third-order valence-corrected chi connectivity index (χ3v) is 3.40. The molecule has 2 N–H and O–H groups in total. The van der Waals surface area contributed by atoms with Gasteiger partial charge in [0.15, 0.2) is 0 Å². The van der Waals surface area contributed by atoms with Gasteiger partial charge in [0.25, 0.3) is 0 Å². The van der Waals surface area contributed by atoms with Gasteiger partial charge in [0.05, 0.1) is 19.0 Å². The number of nitrogens with zero attached hydrogens (tertiary/aromatic N) is 1. The lowest BCUT2D eigenvalue weighted by atomic mass is 10.1. The van der Waals surface area contributed by atoms with Crippen LogP contribution in [-0.2, 0) is 11.2 Å². The first-order chi connectivity index (χ1) is 11.2. The van der Waals surface area contributed by atoms with Crippen LogP contribution in [0.1, 0.15) is 25.3 Å². The summed E-state index contributed by atoms with van der Waals surface area (Å²) in [5.74, 6) is 1.69. The molecular formula is C18H23N3O2. The number of hydrogen-bond donors (Lipinski definition) is 2. The van der Waals surface area contributed by atoms with Crippen molar-refractivity contribution in [2.24, 2.45) is 0 Å². The number of nitrogens with one attached hydrogen (secondary N) is 2. The van der Waals surface area contributed by atoms with Crippen LogP contribution in [0.3, 0.4) is 0 Å². The summed E-state index contributed by atoms with van der Waals surface area (Å²) in [6.45, 7) is 2.77. The van der Waals surface area contributed by atoms with Crippen LogP contribution in [0.4, 0.5) is 11.5 Å². The number of hydrogen-bond acceptors (Lipinski definition) is 4. The summed E-state index contributed by atoms with van der Waals surface area (Å²) < 4.78 is 5.14. The van der Waals surface area contributed by atoms with E-state index in [0.717, 1.165) is 36.6 Å². The van der Waals surface area contributed by atoms with Crippen molar-refractivity contribution < 1.29 is 9.53 Å². The van der Waals surface area contributed by atoms with Crippen molar-refractivity contribution >= 4 is 17.4 Å². The Morgan fingerprint density at radius 2 is 1.96 bits per heavy atom. The van der Waals surface area contributed by atoms with Crippen LogP contribution in [0.2, 0.25) is 0 Å². The highest BCUT2D eigenvalue weighted by Gasteiger charge is 2.01. The molecule has 0 spiro atoms. The van der Waals surface area contributed by atoms with Crippen LogP contribution < -0.4 is 15.4 Å². The molecule has 0 fully saturated rings. The second-order valence-corrected chi connectivity index (χ2v) is 5.26. The van der Waals surface area contributed by atoms with E-state index in [1.165, 1.54) is 5.56 Å². The lowest BCUT2D eigenvalue weighted by Gasteiger charge is -2.08. The molecule has 0 bridgehead atoms. The zero-order valence-electron chi connectivity index (χ0n) is 13.6. The Morgan fingerprint density at radius 3 is 2.57 bits per heavy atom. The molecule has 0 aliphatic carbocycles. The highest BCUT2D eigenvalue weighted by molar-refractivity contribution is 5.90. The van der Waals surface area contributed by atoms with E-state index >= 15 is 0 Å². The molecule has 0 aliphatic heterocycles. The summed E-state index contributed by atoms with van der Waals surface area (Å²) in [5, 5.41) is 6.09. The van der Waals surface area contributed by atoms with E-state index in [4.69, 9.17) is 4.74 Å². The molecule has 0 radical (unpaired) electrons. The molecular weight excluding hydrogens is 290 g/mol. The maximum Gasteiger partial charge on any atom is 0.224 e. The minimum absolute atomic E-state index is 0.0227. The minimum Gasteiger partial charge on any atom is -0.497 e. The predicted molar refractivity (Wildman–Crippen MR) is 93.0 cm³/mol. The SMILES string of the molecule is CCCC(=O)Nc1ccc(NCCc2ccc(OC)cc2)nc1. The van der Waals surface area contributed by atoms with Crippen LogP contribution in [0, 0.1) is 0 Å². The van der Waals surface area contributed by atoms with Gasteiger partial charge in [-0.15, -0.1) is 0 Å². The first-order valence-electron chi connectivity index (χ1n) is 7.84. The van der Waals surface area contributed by atoms with Gasteiger partial charge in [-0.1, -0.05) is 19.1 Å². The first-order valence-corrected chi connectivity index (χ1v) is 7.84. The zero-order valence-corrected chi connectivity index (χ0v) is 13.6. The topological polar surface area (TPSA) is 63.2 Å². The molecule has 1 heterocycles. The second kappa shape index (κ2) is 8.78. The third kappa shape index (κ3) is 5.62. The highest BCUT2D eigenvalue weighted by Crippen LogP contribution is 2.13. The van der Waals surface area contributed by atoms with Gasteiger partial charge in [0.1, 0.15) is 11.6 Å². The molecule has 2 aromatic rings. The number of rotatable bonds is 8. The molecule has 0 unspecified atom stereocenters. The van der Waals surface area contributed by atoms with Gasteiger partial charge in [-0.2, -0.15) is 0 Å². The van der Waals surface area contributed by atoms with Gasteiger partial charge in [-0.3, -0.25) is 4.79 Å². The van der Waals surface area contributed by atoms with E-state index in [0.29, 0.717) is 6.42 Å². The molecule has 2 rings (SSSR count). The fourth-order valence-corrected chi connectivity index (χ4v) is 2.15. The van der Waals surface area contributed by atoms with Gasteiger partial charge in [-0.05, 0) is 42.7 Å². The van der Waals surface area contributed by atoms with Gasteiger partial charge in [0.2, 0.25) is 5.91 Å². The second-order valence-electron chi connectivity index (χ2n) is 5.26. The Labute approximate surface area is 137 Å². The summed E-state index contributed by atoms with van der Waals surface area (Å²) in [5.41, 5.74) is 1.96. The van der Waals surface area contributed by atoms with Crippen LogP contribution in [0.15, 0.2) is 42.6 Å². The third-order valence-electron chi connectivity index (χ3n) is 3.40. The quantitative estimate of drug-likeness (QED) is 0.783. The van der Waals surface area contributed by atoms with Crippen LogP contribution >= 0.6 is 0 Å². The Hall–Kier alpha value is -2.56. The standard InChI is InChI=1S/C18H23N3O2/c1-3-4-18(22)21-15-7-10-17(20-13-15)19-12-11-14-5-8-16(23-2)9-6-14/h5-10,13H,3-4,11-12H2,1-2H3,(H,19,20)(H,21,22). The molecule has 1 aromatic heterocycles. The Morgan fingerprint density at radius 1 is 1.17 bits per heavy atom. The van der Waals surface area contributed by atoms with Crippen molar-refractivity contribution in [2.45, 2.75) is 26.2 Å². The summed E-state index contributed by atoms with van der Waals surface area (Å²) in [6, 6.07) is 11.8. The first kappa shape index (κ1) is 16.8. The van der Waals surface area contributed by atoms with E-state index in [2.05, 4.69) is 27.8 Å². The van der Waals surface area contributed by atoms with E-state index < -0.39 is 0 Å². The lowest BCUT2D eigenvalue weighted by molar-refractivity contribution is -0.116. The number of amides is 1. The molecule has 0 saturated carbocycles.